The molecule has 0 radical (unpaired) electrons. The highest BCUT2D eigenvalue weighted by Crippen LogP contribution is 2.39. The normalized spacial score (nSPS) is 19.7. The Bertz CT molecular complexity index is 955. The molecule has 0 aromatic heterocycles. The van der Waals surface area contributed by atoms with Gasteiger partial charge in [0.25, 0.3) is 5.91 Å². The maximum atomic E-state index is 13.5. The molecule has 1 amide bonds. The monoisotopic (exact) mass is 436 g/mol. The molecule has 7 nitrogen and oxygen atoms in total. The number of ether oxygens (including phenoxy) is 2. The van der Waals surface area contributed by atoms with Crippen molar-refractivity contribution in [3.63, 3.8) is 0 Å². The van der Waals surface area contributed by atoms with Gasteiger partial charge in [-0.3, -0.25) is 9.69 Å². The molecule has 0 saturated carbocycles. The highest BCUT2D eigenvalue weighted by Gasteiger charge is 2.36. The van der Waals surface area contributed by atoms with Crippen LogP contribution in [-0.4, -0.2) is 79.9 Å². The number of hydrazone groups is 1. The van der Waals surface area contributed by atoms with E-state index in [0.29, 0.717) is 13.0 Å². The van der Waals surface area contributed by atoms with Gasteiger partial charge in [0, 0.05) is 38.2 Å². The first-order valence-corrected chi connectivity index (χ1v) is 11.2. The summed E-state index contributed by atoms with van der Waals surface area (Å²) in [5.74, 6) is 1.47. The molecule has 1 saturated heterocycles. The third-order valence-corrected chi connectivity index (χ3v) is 6.34. The number of amides is 1. The van der Waals surface area contributed by atoms with Crippen LogP contribution in [0.4, 0.5) is 0 Å². The Morgan fingerprint density at radius 2 is 1.72 bits per heavy atom. The van der Waals surface area contributed by atoms with Gasteiger partial charge in [0.15, 0.2) is 0 Å². The predicted octanol–water partition coefficient (Wildman–Crippen LogP) is 3.02. The molecule has 0 bridgehead atoms. The number of carbonyl (C=O) groups excluding carboxylic acids is 1. The Hall–Kier alpha value is -2.90. The average Bonchev–Trinajstić information content (AvgIpc) is 3.30. The molecule has 1 atom stereocenters. The van der Waals surface area contributed by atoms with Gasteiger partial charge in [0.05, 0.1) is 32.5 Å². The molecule has 32 heavy (non-hydrogen) atoms. The van der Waals surface area contributed by atoms with Crippen LogP contribution in [0.3, 0.4) is 0 Å². The molecule has 0 aliphatic carbocycles. The van der Waals surface area contributed by atoms with Crippen molar-refractivity contribution in [2.45, 2.75) is 19.4 Å². The Balaban J connectivity index is 1.61. The minimum Gasteiger partial charge on any atom is -0.497 e. The number of benzene rings is 2. The van der Waals surface area contributed by atoms with Gasteiger partial charge < -0.3 is 14.4 Å². The van der Waals surface area contributed by atoms with Gasteiger partial charge >= 0.3 is 0 Å². The quantitative estimate of drug-likeness (QED) is 0.668. The van der Waals surface area contributed by atoms with Gasteiger partial charge in [0.2, 0.25) is 0 Å². The van der Waals surface area contributed by atoms with E-state index in [9.17, 15) is 4.79 Å². The number of likely N-dealkylation sites (N-methyl/N-ethyl adjacent to an activating group) is 1. The maximum Gasteiger partial charge on any atom is 0.257 e. The van der Waals surface area contributed by atoms with Gasteiger partial charge in [-0.05, 0) is 30.3 Å². The summed E-state index contributed by atoms with van der Waals surface area (Å²) >= 11 is 0. The minimum absolute atomic E-state index is 0.00996. The number of carbonyl (C=O) groups is 1. The molecule has 2 aliphatic heterocycles. The van der Waals surface area contributed by atoms with E-state index < -0.39 is 0 Å². The third kappa shape index (κ3) is 4.79. The lowest BCUT2D eigenvalue weighted by Crippen LogP contribution is -2.49. The van der Waals surface area contributed by atoms with E-state index in [-0.39, 0.29) is 11.9 Å². The Labute approximate surface area is 190 Å². The largest absolute Gasteiger partial charge is 0.497 e. The van der Waals surface area contributed by atoms with Crippen LogP contribution < -0.4 is 9.47 Å². The molecule has 0 spiro atoms. The average molecular weight is 437 g/mol. The molecular weight excluding hydrogens is 404 g/mol. The minimum atomic E-state index is -0.236. The van der Waals surface area contributed by atoms with Crippen molar-refractivity contribution in [1.29, 1.82) is 0 Å². The predicted molar refractivity (Wildman–Crippen MR) is 125 cm³/mol. The molecule has 170 valence electrons. The zero-order chi connectivity index (χ0) is 22.5. The highest BCUT2D eigenvalue weighted by atomic mass is 16.5. The summed E-state index contributed by atoms with van der Waals surface area (Å²) in [4.78, 5) is 18.1. The van der Waals surface area contributed by atoms with Crippen molar-refractivity contribution in [2.75, 3.05) is 53.5 Å². The van der Waals surface area contributed by atoms with E-state index in [1.54, 1.807) is 19.2 Å². The van der Waals surface area contributed by atoms with E-state index in [1.165, 1.54) is 0 Å². The van der Waals surface area contributed by atoms with Gasteiger partial charge in [-0.15, -0.1) is 0 Å². The fourth-order valence-corrected chi connectivity index (χ4v) is 4.41. The van der Waals surface area contributed by atoms with Crippen LogP contribution in [0.25, 0.3) is 0 Å². The van der Waals surface area contributed by atoms with Crippen LogP contribution in [0.5, 0.6) is 11.5 Å². The number of hydrogen-bond acceptors (Lipinski definition) is 6. The van der Waals surface area contributed by atoms with Crippen LogP contribution in [0.2, 0.25) is 0 Å². The van der Waals surface area contributed by atoms with Crippen LogP contribution >= 0.6 is 0 Å². The van der Waals surface area contributed by atoms with Crippen molar-refractivity contribution in [1.82, 2.24) is 14.8 Å². The maximum absolute atomic E-state index is 13.5. The lowest BCUT2D eigenvalue weighted by atomic mass is 9.97. The second-order valence-electron chi connectivity index (χ2n) is 8.19. The highest BCUT2D eigenvalue weighted by molar-refractivity contribution is 6.03. The van der Waals surface area contributed by atoms with E-state index in [2.05, 4.69) is 16.7 Å². The first kappa shape index (κ1) is 22.3. The van der Waals surface area contributed by atoms with Gasteiger partial charge in [-0.1, -0.05) is 37.3 Å². The van der Waals surface area contributed by atoms with Crippen molar-refractivity contribution in [2.24, 2.45) is 5.10 Å². The van der Waals surface area contributed by atoms with Crippen LogP contribution in [0, 0.1) is 0 Å². The Morgan fingerprint density at radius 1 is 1.00 bits per heavy atom. The number of hydrogen-bond donors (Lipinski definition) is 0. The molecular formula is C25H32N4O3. The topological polar surface area (TPSA) is 57.6 Å². The molecule has 2 aromatic carbocycles. The second-order valence-corrected chi connectivity index (χ2v) is 8.19. The summed E-state index contributed by atoms with van der Waals surface area (Å²) in [6.07, 6.45) is 0.628. The summed E-state index contributed by atoms with van der Waals surface area (Å²) in [6.45, 7) is 7.38. The van der Waals surface area contributed by atoms with Crippen molar-refractivity contribution >= 4 is 11.6 Å². The third-order valence-electron chi connectivity index (χ3n) is 6.34. The first-order valence-electron chi connectivity index (χ1n) is 11.2. The van der Waals surface area contributed by atoms with Gasteiger partial charge in [-0.2, -0.15) is 5.10 Å². The van der Waals surface area contributed by atoms with E-state index in [0.717, 1.165) is 61.1 Å². The van der Waals surface area contributed by atoms with E-state index in [1.807, 2.05) is 48.5 Å². The summed E-state index contributed by atoms with van der Waals surface area (Å²) in [7, 11) is 3.30. The van der Waals surface area contributed by atoms with Gasteiger partial charge in [-0.25, -0.2) is 5.01 Å². The smallest absolute Gasteiger partial charge is 0.257 e. The van der Waals surface area contributed by atoms with Gasteiger partial charge in [0.1, 0.15) is 11.5 Å². The fraction of sp³-hybridized carbons (Fsp3) is 0.440. The van der Waals surface area contributed by atoms with E-state index >= 15 is 0 Å². The molecule has 0 N–H and O–H groups in total. The lowest BCUT2D eigenvalue weighted by Gasteiger charge is -2.34. The van der Waals surface area contributed by atoms with Crippen LogP contribution in [0.1, 0.15) is 30.5 Å². The molecule has 2 aromatic rings. The molecule has 7 heteroatoms. The number of rotatable bonds is 7. The summed E-state index contributed by atoms with van der Waals surface area (Å²) < 4.78 is 11.1. The molecule has 1 fully saturated rings. The van der Waals surface area contributed by atoms with Crippen LogP contribution in [-0.2, 0) is 4.79 Å². The van der Waals surface area contributed by atoms with Crippen LogP contribution in [0.15, 0.2) is 53.6 Å². The van der Waals surface area contributed by atoms with Crippen molar-refractivity contribution in [3.05, 3.63) is 59.7 Å². The van der Waals surface area contributed by atoms with E-state index in [4.69, 9.17) is 14.6 Å². The lowest BCUT2D eigenvalue weighted by molar-refractivity contribution is -0.134. The fourth-order valence-electron chi connectivity index (χ4n) is 4.41. The summed E-state index contributed by atoms with van der Waals surface area (Å²) in [5, 5.41) is 6.47. The zero-order valence-corrected chi connectivity index (χ0v) is 19.2. The standard InChI is InChI=1S/C25H32N4O3/c1-4-27-12-14-28(15-13-27)18-25(30)29-23(17-22(26-29)19-8-6-5-7-9-19)21-16-20(31-2)10-11-24(21)32-3/h5-11,16,23H,4,12-15,17-18H2,1-3H3/t23-/m0/s1. The summed E-state index contributed by atoms with van der Waals surface area (Å²) in [6, 6.07) is 15.5. The molecule has 2 aliphatic rings. The number of nitrogens with zero attached hydrogens (tertiary/aromatic N) is 4. The van der Waals surface area contributed by atoms with Crippen molar-refractivity contribution < 1.29 is 14.3 Å². The Kier molecular flexibility index (Phi) is 7.07. The SMILES string of the molecule is CCN1CCN(CC(=O)N2N=C(c3ccccc3)C[C@H]2c2cc(OC)ccc2OC)CC1. The zero-order valence-electron chi connectivity index (χ0n) is 19.2. The number of methoxy groups -OCH3 is 2. The molecule has 4 rings (SSSR count). The second kappa shape index (κ2) is 10.1. The summed E-state index contributed by atoms with van der Waals surface area (Å²) in [5.41, 5.74) is 2.85. The number of piperazine rings is 1. The van der Waals surface area contributed by atoms with Crippen molar-refractivity contribution in [3.8, 4) is 11.5 Å². The Morgan fingerprint density at radius 3 is 2.38 bits per heavy atom. The molecule has 0 unspecified atom stereocenters. The molecule has 2 heterocycles. The first-order chi connectivity index (χ1) is 15.6.